The fourth-order valence-corrected chi connectivity index (χ4v) is 1.84. The zero-order valence-electron chi connectivity index (χ0n) is 9.51. The van der Waals surface area contributed by atoms with Gasteiger partial charge in [-0.05, 0) is 11.1 Å². The Hall–Kier alpha value is -2.04. The maximum absolute atomic E-state index is 10.5. The van der Waals surface area contributed by atoms with Crippen molar-refractivity contribution in [2.75, 3.05) is 0 Å². The van der Waals surface area contributed by atoms with Crippen molar-refractivity contribution < 1.29 is 5.11 Å². The molecule has 0 fully saturated rings. The van der Waals surface area contributed by atoms with Gasteiger partial charge < -0.3 is 5.11 Å². The summed E-state index contributed by atoms with van der Waals surface area (Å²) in [5, 5.41) is 10.5. The van der Waals surface area contributed by atoms with Crippen LogP contribution >= 0.6 is 0 Å². The Kier molecular flexibility index (Phi) is 3.27. The standard InChI is InChI=1S/C16H14O/c1-2-16(17,15-11-7-4-8-12-15)13-14-9-5-3-6-10-14/h1,3-12,17H,13H2. The van der Waals surface area contributed by atoms with Crippen LogP contribution in [0.3, 0.4) is 0 Å². The summed E-state index contributed by atoms with van der Waals surface area (Å²) >= 11 is 0. The normalized spacial score (nSPS) is 13.6. The number of aliphatic hydroxyl groups is 1. The Morgan fingerprint density at radius 2 is 1.47 bits per heavy atom. The van der Waals surface area contributed by atoms with E-state index in [0.717, 1.165) is 11.1 Å². The first-order valence-corrected chi connectivity index (χ1v) is 5.54. The van der Waals surface area contributed by atoms with Crippen molar-refractivity contribution in [1.29, 1.82) is 0 Å². The quantitative estimate of drug-likeness (QED) is 0.792. The minimum absolute atomic E-state index is 0.425. The Morgan fingerprint density at radius 1 is 0.941 bits per heavy atom. The largest absolute Gasteiger partial charge is 0.373 e. The maximum atomic E-state index is 10.5. The van der Waals surface area contributed by atoms with E-state index in [1.807, 2.05) is 60.7 Å². The van der Waals surface area contributed by atoms with Gasteiger partial charge in [0.25, 0.3) is 0 Å². The molecule has 0 amide bonds. The average molecular weight is 222 g/mol. The molecule has 2 rings (SSSR count). The van der Waals surface area contributed by atoms with Crippen LogP contribution in [0.1, 0.15) is 11.1 Å². The first-order valence-electron chi connectivity index (χ1n) is 5.54. The van der Waals surface area contributed by atoms with Gasteiger partial charge in [0.1, 0.15) is 0 Å². The molecule has 0 saturated heterocycles. The fourth-order valence-electron chi connectivity index (χ4n) is 1.84. The van der Waals surface area contributed by atoms with Crippen molar-refractivity contribution in [2.45, 2.75) is 12.0 Å². The fraction of sp³-hybridized carbons (Fsp3) is 0.125. The van der Waals surface area contributed by atoms with Crippen molar-refractivity contribution in [3.63, 3.8) is 0 Å². The minimum Gasteiger partial charge on any atom is -0.373 e. The van der Waals surface area contributed by atoms with E-state index in [4.69, 9.17) is 6.42 Å². The third-order valence-corrected chi connectivity index (χ3v) is 2.79. The highest BCUT2D eigenvalue weighted by Crippen LogP contribution is 2.24. The molecular formula is C16H14O. The first kappa shape index (κ1) is 11.4. The number of benzene rings is 2. The van der Waals surface area contributed by atoms with Gasteiger partial charge in [0.2, 0.25) is 0 Å². The predicted octanol–water partition coefficient (Wildman–Crippen LogP) is 2.75. The summed E-state index contributed by atoms with van der Waals surface area (Å²) < 4.78 is 0. The summed E-state index contributed by atoms with van der Waals surface area (Å²) in [5.74, 6) is 2.50. The van der Waals surface area contributed by atoms with E-state index in [1.165, 1.54) is 0 Å². The number of hydrogen-bond acceptors (Lipinski definition) is 1. The highest BCUT2D eigenvalue weighted by molar-refractivity contribution is 5.33. The second-order valence-corrected chi connectivity index (χ2v) is 4.03. The van der Waals surface area contributed by atoms with Crippen LogP contribution in [0.15, 0.2) is 60.7 Å². The van der Waals surface area contributed by atoms with Crippen LogP contribution in [-0.2, 0) is 12.0 Å². The molecule has 0 saturated carbocycles. The highest BCUT2D eigenvalue weighted by atomic mass is 16.3. The molecule has 0 aliphatic heterocycles. The van der Waals surface area contributed by atoms with Crippen molar-refractivity contribution in [2.24, 2.45) is 0 Å². The van der Waals surface area contributed by atoms with Crippen molar-refractivity contribution in [3.05, 3.63) is 71.8 Å². The summed E-state index contributed by atoms with van der Waals surface area (Å²) in [5.41, 5.74) is 0.547. The molecule has 2 aromatic rings. The Labute approximate surface area is 102 Å². The molecular weight excluding hydrogens is 208 g/mol. The van der Waals surface area contributed by atoms with Crippen molar-refractivity contribution in [3.8, 4) is 12.3 Å². The van der Waals surface area contributed by atoms with Crippen LogP contribution in [0.5, 0.6) is 0 Å². The maximum Gasteiger partial charge on any atom is 0.154 e. The lowest BCUT2D eigenvalue weighted by Gasteiger charge is -2.22. The van der Waals surface area contributed by atoms with E-state index in [1.54, 1.807) is 0 Å². The number of terminal acetylenes is 1. The smallest absolute Gasteiger partial charge is 0.154 e. The monoisotopic (exact) mass is 222 g/mol. The van der Waals surface area contributed by atoms with Gasteiger partial charge >= 0.3 is 0 Å². The molecule has 2 aromatic carbocycles. The van der Waals surface area contributed by atoms with E-state index in [2.05, 4.69) is 5.92 Å². The van der Waals surface area contributed by atoms with Gasteiger partial charge in [-0.25, -0.2) is 0 Å². The summed E-state index contributed by atoms with van der Waals surface area (Å²) in [6, 6.07) is 19.1. The molecule has 1 unspecified atom stereocenters. The van der Waals surface area contributed by atoms with Crippen LogP contribution in [0, 0.1) is 12.3 Å². The molecule has 0 heterocycles. The SMILES string of the molecule is C#CC(O)(Cc1ccccc1)c1ccccc1. The highest BCUT2D eigenvalue weighted by Gasteiger charge is 2.26. The average Bonchev–Trinajstić information content (AvgIpc) is 2.41. The molecule has 0 aliphatic rings. The van der Waals surface area contributed by atoms with E-state index in [0.29, 0.717) is 6.42 Å². The van der Waals surface area contributed by atoms with Crippen molar-refractivity contribution in [1.82, 2.24) is 0 Å². The van der Waals surface area contributed by atoms with Gasteiger partial charge in [-0.15, -0.1) is 6.42 Å². The van der Waals surface area contributed by atoms with Gasteiger partial charge in [0.15, 0.2) is 5.60 Å². The molecule has 84 valence electrons. The topological polar surface area (TPSA) is 20.2 Å². The van der Waals surface area contributed by atoms with Gasteiger partial charge in [-0.2, -0.15) is 0 Å². The van der Waals surface area contributed by atoms with E-state index in [-0.39, 0.29) is 0 Å². The molecule has 0 radical (unpaired) electrons. The zero-order valence-corrected chi connectivity index (χ0v) is 9.51. The molecule has 1 N–H and O–H groups in total. The lowest BCUT2D eigenvalue weighted by atomic mass is 9.88. The molecule has 17 heavy (non-hydrogen) atoms. The lowest BCUT2D eigenvalue weighted by molar-refractivity contribution is 0.101. The first-order chi connectivity index (χ1) is 8.24. The molecule has 0 aromatic heterocycles. The van der Waals surface area contributed by atoms with E-state index < -0.39 is 5.60 Å². The Morgan fingerprint density at radius 3 is 2.00 bits per heavy atom. The molecule has 1 heteroatoms. The van der Waals surface area contributed by atoms with Crippen LogP contribution in [0.4, 0.5) is 0 Å². The van der Waals surface area contributed by atoms with Gasteiger partial charge in [0.05, 0.1) is 0 Å². The van der Waals surface area contributed by atoms with Crippen molar-refractivity contribution >= 4 is 0 Å². The lowest BCUT2D eigenvalue weighted by Crippen LogP contribution is -2.26. The molecule has 0 aliphatic carbocycles. The third-order valence-electron chi connectivity index (χ3n) is 2.79. The van der Waals surface area contributed by atoms with Crippen LogP contribution in [0.2, 0.25) is 0 Å². The molecule has 1 atom stereocenters. The number of rotatable bonds is 3. The van der Waals surface area contributed by atoms with Gasteiger partial charge in [0, 0.05) is 6.42 Å². The summed E-state index contributed by atoms with van der Waals surface area (Å²) in [6.07, 6.45) is 5.91. The summed E-state index contributed by atoms with van der Waals surface area (Å²) in [6.45, 7) is 0. The zero-order chi connectivity index (χ0) is 12.1. The number of hydrogen-bond donors (Lipinski definition) is 1. The van der Waals surface area contributed by atoms with E-state index >= 15 is 0 Å². The Balaban J connectivity index is 2.31. The third kappa shape index (κ3) is 2.55. The Bertz CT molecular complexity index is 510. The van der Waals surface area contributed by atoms with Crippen LogP contribution in [-0.4, -0.2) is 5.11 Å². The second kappa shape index (κ2) is 4.86. The predicted molar refractivity (Wildman–Crippen MR) is 69.3 cm³/mol. The van der Waals surface area contributed by atoms with Gasteiger partial charge in [-0.3, -0.25) is 0 Å². The van der Waals surface area contributed by atoms with Crippen LogP contribution in [0.25, 0.3) is 0 Å². The summed E-state index contributed by atoms with van der Waals surface area (Å²) in [4.78, 5) is 0. The molecule has 0 spiro atoms. The summed E-state index contributed by atoms with van der Waals surface area (Å²) in [7, 11) is 0. The molecule has 0 bridgehead atoms. The minimum atomic E-state index is -1.23. The van der Waals surface area contributed by atoms with Crippen LogP contribution < -0.4 is 0 Å². The van der Waals surface area contributed by atoms with Gasteiger partial charge in [-0.1, -0.05) is 66.6 Å². The second-order valence-electron chi connectivity index (χ2n) is 4.03. The van der Waals surface area contributed by atoms with E-state index in [9.17, 15) is 5.11 Å². The molecule has 1 nitrogen and oxygen atoms in total.